The van der Waals surface area contributed by atoms with Gasteiger partial charge in [0, 0.05) is 9.92 Å². The number of carbonyl (C=O) groups is 1. The van der Waals surface area contributed by atoms with Crippen LogP contribution in [0.5, 0.6) is 0 Å². The fraction of sp³-hybridized carbons (Fsp3) is 0.133. The number of aryl methyl sites for hydroxylation is 1. The largest absolute Gasteiger partial charge is 0.397 e. The molecule has 1 unspecified atom stereocenters. The van der Waals surface area contributed by atoms with Crippen LogP contribution in [0.2, 0.25) is 5.02 Å². The van der Waals surface area contributed by atoms with Gasteiger partial charge < -0.3 is 11.1 Å². The van der Waals surface area contributed by atoms with Gasteiger partial charge in [-0.1, -0.05) is 29.3 Å². The summed E-state index contributed by atoms with van der Waals surface area (Å²) in [7, 11) is -1.39. The van der Waals surface area contributed by atoms with Gasteiger partial charge >= 0.3 is 0 Å². The van der Waals surface area contributed by atoms with Crippen molar-refractivity contribution in [1.82, 2.24) is 0 Å². The summed E-state index contributed by atoms with van der Waals surface area (Å²) >= 11 is 5.79. The molecule has 2 aromatic rings. The normalized spacial score (nSPS) is 11.9. The second kappa shape index (κ2) is 6.74. The molecular formula is C15H15ClN2O2S. The lowest BCUT2D eigenvalue weighted by molar-refractivity contribution is -0.113. The molecule has 0 saturated heterocycles. The fourth-order valence-electron chi connectivity index (χ4n) is 1.73. The summed E-state index contributed by atoms with van der Waals surface area (Å²) in [6, 6.07) is 12.0. The molecule has 6 heteroatoms. The fourth-order valence-corrected chi connectivity index (χ4v) is 2.82. The first-order valence-corrected chi connectivity index (χ1v) is 7.95. The maximum absolute atomic E-state index is 12.1. The first-order chi connectivity index (χ1) is 9.95. The highest BCUT2D eigenvalue weighted by atomic mass is 35.5. The molecule has 0 radical (unpaired) electrons. The quantitative estimate of drug-likeness (QED) is 0.850. The Morgan fingerprint density at radius 3 is 2.52 bits per heavy atom. The molecule has 0 aliphatic heterocycles. The molecule has 0 aliphatic carbocycles. The topological polar surface area (TPSA) is 72.2 Å². The molecule has 0 heterocycles. The van der Waals surface area contributed by atoms with Gasteiger partial charge in [-0.05, 0) is 37.3 Å². The van der Waals surface area contributed by atoms with Gasteiger partial charge in [-0.15, -0.1) is 0 Å². The van der Waals surface area contributed by atoms with E-state index in [9.17, 15) is 9.00 Å². The van der Waals surface area contributed by atoms with Gasteiger partial charge in [0.1, 0.15) is 5.75 Å². The Balaban J connectivity index is 2.01. The summed E-state index contributed by atoms with van der Waals surface area (Å²) in [5, 5.41) is 3.13. The molecule has 0 saturated carbocycles. The smallest absolute Gasteiger partial charge is 0.237 e. The molecule has 1 amide bonds. The number of benzene rings is 2. The Bertz CT molecular complexity index is 687. The van der Waals surface area contributed by atoms with Crippen molar-refractivity contribution < 1.29 is 9.00 Å². The van der Waals surface area contributed by atoms with Crippen molar-refractivity contribution in [2.45, 2.75) is 11.8 Å². The van der Waals surface area contributed by atoms with E-state index < -0.39 is 10.8 Å². The van der Waals surface area contributed by atoms with E-state index in [0.29, 0.717) is 21.3 Å². The van der Waals surface area contributed by atoms with Gasteiger partial charge in [0.2, 0.25) is 5.91 Å². The highest BCUT2D eigenvalue weighted by Crippen LogP contribution is 2.22. The lowest BCUT2D eigenvalue weighted by atomic mass is 10.2. The third kappa shape index (κ3) is 4.31. The van der Waals surface area contributed by atoms with E-state index in [1.807, 2.05) is 19.1 Å². The zero-order valence-corrected chi connectivity index (χ0v) is 13.0. The van der Waals surface area contributed by atoms with Crippen molar-refractivity contribution in [3.8, 4) is 0 Å². The molecule has 3 N–H and O–H groups in total. The van der Waals surface area contributed by atoms with Crippen molar-refractivity contribution in [1.29, 1.82) is 0 Å². The molecule has 110 valence electrons. The molecule has 2 rings (SSSR count). The van der Waals surface area contributed by atoms with Crippen molar-refractivity contribution in [3.05, 3.63) is 53.1 Å². The number of nitrogens with two attached hydrogens (primary N) is 1. The lowest BCUT2D eigenvalue weighted by Gasteiger charge is -2.08. The van der Waals surface area contributed by atoms with Crippen LogP contribution in [0.15, 0.2) is 47.4 Å². The summed E-state index contributed by atoms with van der Waals surface area (Å²) < 4.78 is 12.1. The van der Waals surface area contributed by atoms with Crippen LogP contribution in [0.4, 0.5) is 11.4 Å². The number of nitrogens with one attached hydrogen (secondary N) is 1. The van der Waals surface area contributed by atoms with Crippen LogP contribution in [0.1, 0.15) is 5.56 Å². The van der Waals surface area contributed by atoms with Crippen molar-refractivity contribution in [3.63, 3.8) is 0 Å². The Morgan fingerprint density at radius 2 is 1.90 bits per heavy atom. The number of anilines is 2. The van der Waals surface area contributed by atoms with Crippen molar-refractivity contribution in [2.75, 3.05) is 16.8 Å². The van der Waals surface area contributed by atoms with Gasteiger partial charge in [0.15, 0.2) is 0 Å². The van der Waals surface area contributed by atoms with Crippen LogP contribution in [0, 0.1) is 6.92 Å². The third-order valence-electron chi connectivity index (χ3n) is 2.83. The van der Waals surface area contributed by atoms with Crippen LogP contribution in [0.3, 0.4) is 0 Å². The minimum absolute atomic E-state index is 0.120. The molecule has 0 spiro atoms. The number of nitrogen functional groups attached to an aromatic ring is 1. The average molecular weight is 323 g/mol. The van der Waals surface area contributed by atoms with E-state index in [4.69, 9.17) is 17.3 Å². The Hall–Kier alpha value is -1.85. The molecule has 0 aromatic heterocycles. The number of rotatable bonds is 4. The maximum Gasteiger partial charge on any atom is 0.237 e. The zero-order chi connectivity index (χ0) is 15.4. The van der Waals surface area contributed by atoms with E-state index in [2.05, 4.69) is 5.32 Å². The number of hydrogen-bond acceptors (Lipinski definition) is 3. The van der Waals surface area contributed by atoms with Crippen LogP contribution in [-0.4, -0.2) is 15.9 Å². The summed E-state index contributed by atoms with van der Waals surface area (Å²) in [6.07, 6.45) is 0. The van der Waals surface area contributed by atoms with Crippen LogP contribution >= 0.6 is 11.6 Å². The SMILES string of the molecule is Cc1ccc(S(=O)CC(=O)Nc2ccc(Cl)cc2N)cc1. The first kappa shape index (κ1) is 15.5. The van der Waals surface area contributed by atoms with Crippen LogP contribution in [-0.2, 0) is 15.6 Å². The second-order valence-corrected chi connectivity index (χ2v) is 6.47. The Morgan fingerprint density at radius 1 is 1.24 bits per heavy atom. The molecule has 21 heavy (non-hydrogen) atoms. The van der Waals surface area contributed by atoms with Crippen LogP contribution in [0.25, 0.3) is 0 Å². The standard InChI is InChI=1S/C15H15ClN2O2S/c1-10-2-5-12(6-3-10)21(20)9-15(19)18-14-7-4-11(16)8-13(14)17/h2-8H,9,17H2,1H3,(H,18,19). The monoisotopic (exact) mass is 322 g/mol. The van der Waals surface area contributed by atoms with Gasteiger partial charge in [-0.25, -0.2) is 0 Å². The molecule has 0 aliphatic rings. The van der Waals surface area contributed by atoms with Gasteiger partial charge in [0.25, 0.3) is 0 Å². The number of amides is 1. The highest BCUT2D eigenvalue weighted by molar-refractivity contribution is 7.85. The molecule has 0 bridgehead atoms. The average Bonchev–Trinajstić information content (AvgIpc) is 2.42. The summed E-state index contributed by atoms with van der Waals surface area (Å²) in [4.78, 5) is 12.5. The van der Waals surface area contributed by atoms with Gasteiger partial charge in [-0.2, -0.15) is 0 Å². The summed E-state index contributed by atoms with van der Waals surface area (Å²) in [5.74, 6) is -0.478. The molecular weight excluding hydrogens is 308 g/mol. The van der Waals surface area contributed by atoms with E-state index >= 15 is 0 Å². The lowest BCUT2D eigenvalue weighted by Crippen LogP contribution is -2.20. The zero-order valence-electron chi connectivity index (χ0n) is 11.4. The van der Waals surface area contributed by atoms with E-state index in [0.717, 1.165) is 5.56 Å². The Labute approximate surface area is 130 Å². The van der Waals surface area contributed by atoms with E-state index in [-0.39, 0.29) is 11.7 Å². The molecule has 2 aromatic carbocycles. The molecule has 4 nitrogen and oxygen atoms in total. The number of hydrogen-bond donors (Lipinski definition) is 2. The van der Waals surface area contributed by atoms with Crippen molar-refractivity contribution >= 4 is 39.7 Å². The maximum atomic E-state index is 12.1. The summed E-state index contributed by atoms with van der Waals surface area (Å²) in [6.45, 7) is 1.95. The number of halogens is 1. The second-order valence-electron chi connectivity index (χ2n) is 4.58. The predicted octanol–water partition coefficient (Wildman–Crippen LogP) is 2.98. The molecule has 0 fully saturated rings. The minimum atomic E-state index is -1.39. The van der Waals surface area contributed by atoms with E-state index in [1.165, 1.54) is 0 Å². The van der Waals surface area contributed by atoms with Gasteiger partial charge in [0.05, 0.1) is 22.2 Å². The van der Waals surface area contributed by atoms with Gasteiger partial charge in [-0.3, -0.25) is 9.00 Å². The predicted molar refractivity (Wildman–Crippen MR) is 86.9 cm³/mol. The minimum Gasteiger partial charge on any atom is -0.397 e. The third-order valence-corrected chi connectivity index (χ3v) is 4.39. The first-order valence-electron chi connectivity index (χ1n) is 6.25. The van der Waals surface area contributed by atoms with E-state index in [1.54, 1.807) is 30.3 Å². The highest BCUT2D eigenvalue weighted by Gasteiger charge is 2.11. The summed E-state index contributed by atoms with van der Waals surface area (Å²) in [5.41, 5.74) is 7.67. The Kier molecular flexibility index (Phi) is 4.98. The van der Waals surface area contributed by atoms with Crippen LogP contribution < -0.4 is 11.1 Å². The van der Waals surface area contributed by atoms with Crippen molar-refractivity contribution in [2.24, 2.45) is 0 Å². The number of carbonyl (C=O) groups excluding carboxylic acids is 1. The molecule has 1 atom stereocenters.